The zero-order valence-corrected chi connectivity index (χ0v) is 33.2. The fraction of sp³-hybridized carbons (Fsp3) is 0.135. The molecule has 19 nitrogen and oxygen atoms in total. The van der Waals surface area contributed by atoms with E-state index in [0.29, 0.717) is 27.8 Å². The van der Waals surface area contributed by atoms with Crippen LogP contribution in [0.2, 0.25) is 0 Å². The van der Waals surface area contributed by atoms with Crippen molar-refractivity contribution in [2.75, 3.05) is 19.5 Å². The second-order valence-electron chi connectivity index (χ2n) is 12.6. The number of para-hydroxylation sites is 1. The molecule has 2 aromatic heterocycles. The van der Waals surface area contributed by atoms with E-state index in [1.807, 2.05) is 24.3 Å². The number of aromatic nitrogens is 3. The van der Waals surface area contributed by atoms with E-state index in [1.54, 1.807) is 37.3 Å². The molecule has 0 aliphatic rings. The van der Waals surface area contributed by atoms with Crippen LogP contribution in [0.5, 0.6) is 17.2 Å². The molecule has 7 aromatic rings. The number of benzene rings is 5. The Balaban J connectivity index is 1.19. The topological polar surface area (TPSA) is 272 Å². The number of aryl methyl sites for hydroxylation is 1. The molecule has 0 atom stereocenters. The van der Waals surface area contributed by atoms with Gasteiger partial charge in [-0.1, -0.05) is 29.5 Å². The number of ether oxygens (including phenoxy) is 2. The number of thiazole rings is 1. The van der Waals surface area contributed by atoms with Crippen LogP contribution in [0.1, 0.15) is 12.0 Å². The monoisotopic (exact) mass is 857 g/mol. The number of hydrogen-bond donors (Lipinski definition) is 4. The highest BCUT2D eigenvalue weighted by atomic mass is 32.2. The largest absolute Gasteiger partial charge is 0.505 e. The summed E-state index contributed by atoms with van der Waals surface area (Å²) in [6.07, 6.45) is 1.22. The predicted molar refractivity (Wildman–Crippen MR) is 218 cm³/mol. The van der Waals surface area contributed by atoms with Gasteiger partial charge < -0.3 is 14.6 Å². The minimum atomic E-state index is -4.98. The number of azo groups is 3. The maximum atomic E-state index is 13.0. The van der Waals surface area contributed by atoms with Gasteiger partial charge in [-0.15, -0.1) is 30.7 Å². The number of hydrogen-bond acceptors (Lipinski definition) is 16. The number of methoxy groups -OCH3 is 1. The van der Waals surface area contributed by atoms with E-state index in [2.05, 4.69) is 40.8 Å². The lowest BCUT2D eigenvalue weighted by Crippen LogP contribution is -2.13. The van der Waals surface area contributed by atoms with Gasteiger partial charge in [-0.25, -0.2) is 9.67 Å². The Bertz CT molecular complexity index is 3070. The summed E-state index contributed by atoms with van der Waals surface area (Å²) in [7, 11) is -7.71. The lowest BCUT2D eigenvalue weighted by Gasteiger charge is -2.11. The first-order valence-corrected chi connectivity index (χ1v) is 21.1. The Morgan fingerprint density at radius 2 is 1.47 bits per heavy atom. The molecule has 0 bridgehead atoms. The molecular weight excluding hydrogens is 827 g/mol. The van der Waals surface area contributed by atoms with Gasteiger partial charge in [0.1, 0.15) is 33.5 Å². The predicted octanol–water partition coefficient (Wildman–Crippen LogP) is 9.10. The standard InChI is InChI=1S/C37H31N9O10S3/c1-21-18-30(32(56-16-5-17-58(49,50)51)19-29(21)42-45-37-39-26-6-3-4-7-33(26)57-37)43-40-27-14-13-25-24(34(27)47)12-15-28(35(25)59(52,53)54)41-44-31-20-38-46(36(31)48)22-8-10-23(55-2)11-9-22/h3-4,6-15,18-20,38,47H,5,16-17H2,1-2H3,(H,49,50,51)(H,52,53,54). The van der Waals surface area contributed by atoms with Gasteiger partial charge in [0, 0.05) is 16.8 Å². The quantitative estimate of drug-likeness (QED) is 0.0455. The molecule has 7 rings (SSSR count). The number of aromatic hydroxyl groups is 1. The summed E-state index contributed by atoms with van der Waals surface area (Å²) in [5.74, 6) is -0.343. The van der Waals surface area contributed by atoms with E-state index in [1.165, 1.54) is 59.7 Å². The molecule has 59 heavy (non-hydrogen) atoms. The van der Waals surface area contributed by atoms with E-state index in [9.17, 15) is 31.3 Å². The van der Waals surface area contributed by atoms with Crippen LogP contribution < -0.4 is 15.0 Å². The van der Waals surface area contributed by atoms with Crippen molar-refractivity contribution in [2.24, 2.45) is 30.7 Å². The van der Waals surface area contributed by atoms with Crippen LogP contribution in [-0.2, 0) is 20.2 Å². The highest BCUT2D eigenvalue weighted by Gasteiger charge is 2.23. The third kappa shape index (κ3) is 9.21. The van der Waals surface area contributed by atoms with Crippen LogP contribution in [0.15, 0.2) is 132 Å². The van der Waals surface area contributed by atoms with Gasteiger partial charge in [-0.3, -0.25) is 19.0 Å². The molecule has 2 heterocycles. The molecule has 0 saturated carbocycles. The van der Waals surface area contributed by atoms with Gasteiger partial charge >= 0.3 is 0 Å². The van der Waals surface area contributed by atoms with Crippen molar-refractivity contribution < 1.29 is 40.5 Å². The van der Waals surface area contributed by atoms with E-state index >= 15 is 0 Å². The number of H-pyrrole nitrogens is 1. The fourth-order valence-electron chi connectivity index (χ4n) is 5.73. The van der Waals surface area contributed by atoms with Crippen LogP contribution in [0.25, 0.3) is 26.7 Å². The van der Waals surface area contributed by atoms with Crippen molar-refractivity contribution in [3.63, 3.8) is 0 Å². The molecule has 0 saturated heterocycles. The summed E-state index contributed by atoms with van der Waals surface area (Å²) >= 11 is 1.35. The van der Waals surface area contributed by atoms with Gasteiger partial charge in [0.15, 0.2) is 11.4 Å². The molecule has 0 fully saturated rings. The summed E-state index contributed by atoms with van der Waals surface area (Å²) < 4.78 is 80.4. The average Bonchev–Trinajstić information content (AvgIpc) is 3.80. The van der Waals surface area contributed by atoms with Crippen LogP contribution >= 0.6 is 11.3 Å². The van der Waals surface area contributed by atoms with Crippen molar-refractivity contribution in [1.29, 1.82) is 0 Å². The molecule has 4 N–H and O–H groups in total. The first-order valence-electron chi connectivity index (χ1n) is 17.2. The number of aromatic amines is 1. The third-order valence-electron chi connectivity index (χ3n) is 8.56. The normalized spacial score (nSPS) is 12.5. The second kappa shape index (κ2) is 16.6. The van der Waals surface area contributed by atoms with Crippen molar-refractivity contribution in [3.05, 3.63) is 107 Å². The van der Waals surface area contributed by atoms with E-state index < -0.39 is 42.2 Å². The van der Waals surface area contributed by atoms with Gasteiger partial charge in [0.25, 0.3) is 25.8 Å². The van der Waals surface area contributed by atoms with Crippen molar-refractivity contribution >= 4 is 86.1 Å². The van der Waals surface area contributed by atoms with E-state index in [4.69, 9.17) is 14.0 Å². The van der Waals surface area contributed by atoms with Crippen LogP contribution in [0.3, 0.4) is 0 Å². The maximum absolute atomic E-state index is 13.0. The summed E-state index contributed by atoms with van der Waals surface area (Å²) in [6.45, 7) is 1.60. The lowest BCUT2D eigenvalue weighted by atomic mass is 10.1. The molecule has 0 amide bonds. The molecule has 302 valence electrons. The first-order chi connectivity index (χ1) is 28.2. The Kier molecular flexibility index (Phi) is 11.4. The number of phenols is 1. The van der Waals surface area contributed by atoms with Gasteiger partial charge in [0.2, 0.25) is 5.13 Å². The SMILES string of the molecule is COc1ccc(-n2[nH]cc(N=Nc3ccc4c(O)c(N=Nc5cc(C)c(N=Nc6nc7ccccc7s6)cc5OCCCS(=O)(=O)O)ccc4c3S(=O)(=O)O)c2=O)cc1. The Morgan fingerprint density at radius 3 is 2.20 bits per heavy atom. The lowest BCUT2D eigenvalue weighted by molar-refractivity contribution is 0.317. The highest BCUT2D eigenvalue weighted by molar-refractivity contribution is 7.86. The highest BCUT2D eigenvalue weighted by Crippen LogP contribution is 2.43. The first kappa shape index (κ1) is 40.5. The molecule has 0 spiro atoms. The molecular formula is C37H31N9O10S3. The minimum Gasteiger partial charge on any atom is -0.505 e. The van der Waals surface area contributed by atoms with E-state index in [0.717, 1.165) is 10.2 Å². The molecule has 0 aliphatic heterocycles. The summed E-state index contributed by atoms with van der Waals surface area (Å²) in [4.78, 5) is 16.8. The van der Waals surface area contributed by atoms with Gasteiger partial charge in [-0.05, 0) is 79.6 Å². The third-order valence-corrected chi connectivity index (χ3v) is 11.2. The molecule has 5 aromatic carbocycles. The fourth-order valence-corrected chi connectivity index (χ4v) is 7.83. The van der Waals surface area contributed by atoms with Crippen LogP contribution in [-0.4, -0.2) is 65.3 Å². The smallest absolute Gasteiger partial charge is 0.298 e. The molecule has 0 unspecified atom stereocenters. The number of fused-ring (bicyclic) bond motifs is 2. The summed E-state index contributed by atoms with van der Waals surface area (Å²) in [5.41, 5.74) is 1.18. The molecule has 0 aliphatic carbocycles. The minimum absolute atomic E-state index is 0.0417. The summed E-state index contributed by atoms with van der Waals surface area (Å²) in [5, 5.41) is 39.2. The molecule has 0 radical (unpaired) electrons. The molecule has 22 heteroatoms. The number of nitrogens with zero attached hydrogens (tertiary/aromatic N) is 8. The van der Waals surface area contributed by atoms with Crippen molar-refractivity contribution in [2.45, 2.75) is 18.2 Å². The Labute approximate surface area is 338 Å². The Morgan fingerprint density at radius 1 is 0.797 bits per heavy atom. The van der Waals surface area contributed by atoms with Crippen molar-refractivity contribution in [3.8, 4) is 22.9 Å². The number of nitrogens with one attached hydrogen (secondary N) is 1. The van der Waals surface area contributed by atoms with Gasteiger partial charge in [-0.2, -0.15) is 16.8 Å². The van der Waals surface area contributed by atoms with Crippen molar-refractivity contribution in [1.82, 2.24) is 14.8 Å². The average molecular weight is 858 g/mol. The van der Waals surface area contributed by atoms with E-state index in [-0.39, 0.29) is 52.3 Å². The second-order valence-corrected chi connectivity index (χ2v) is 16.5. The van der Waals surface area contributed by atoms with Crippen LogP contribution in [0, 0.1) is 6.92 Å². The zero-order chi connectivity index (χ0) is 41.9. The van der Waals surface area contributed by atoms with Crippen LogP contribution in [0.4, 0.5) is 33.6 Å². The number of phenolic OH excluding ortho intramolecular Hbond substituents is 1. The van der Waals surface area contributed by atoms with Gasteiger partial charge in [0.05, 0.1) is 47.3 Å². The summed E-state index contributed by atoms with van der Waals surface area (Å²) in [6, 6.07) is 22.3. The Hall–Kier alpha value is -6.72. The number of rotatable bonds is 14. The maximum Gasteiger partial charge on any atom is 0.298 e. The zero-order valence-electron chi connectivity index (χ0n) is 30.8.